The first-order valence-electron chi connectivity index (χ1n) is 4.47. The Morgan fingerprint density at radius 2 is 2.06 bits per heavy atom. The first-order chi connectivity index (χ1) is 7.47. The van der Waals surface area contributed by atoms with Crippen LogP contribution >= 0.6 is 11.9 Å². The van der Waals surface area contributed by atoms with Crippen LogP contribution in [0.3, 0.4) is 0 Å². The minimum absolute atomic E-state index is 0.0717. The van der Waals surface area contributed by atoms with Gasteiger partial charge < -0.3 is 5.11 Å². The van der Waals surface area contributed by atoms with Crippen molar-refractivity contribution in [1.82, 2.24) is 4.72 Å². The smallest absolute Gasteiger partial charge is 0.416 e. The average Bonchev–Trinajstić information content (AvgIpc) is 2.64. The van der Waals surface area contributed by atoms with E-state index in [1.165, 1.54) is 12.1 Å². The van der Waals surface area contributed by atoms with Gasteiger partial charge in [0.2, 0.25) is 0 Å². The minimum atomic E-state index is -4.34. The highest BCUT2D eigenvalue weighted by molar-refractivity contribution is 8.01. The SMILES string of the molecule is OC1=CC(c2cccc(C(F)(F)F)c2)NS1. The lowest BCUT2D eigenvalue weighted by molar-refractivity contribution is -0.137. The standard InChI is InChI=1S/C10H8F3NOS/c11-10(12,13)7-3-1-2-6(4-7)8-5-9(15)16-14-8/h1-5,8,14-15H. The molecule has 2 rings (SSSR count). The Hall–Kier alpha value is -1.14. The number of halogens is 3. The van der Waals surface area contributed by atoms with Crippen molar-refractivity contribution in [3.05, 3.63) is 46.6 Å². The first-order valence-corrected chi connectivity index (χ1v) is 5.29. The number of nitrogens with one attached hydrogen (secondary N) is 1. The van der Waals surface area contributed by atoms with E-state index in [0.717, 1.165) is 24.1 Å². The van der Waals surface area contributed by atoms with E-state index < -0.39 is 11.7 Å². The van der Waals surface area contributed by atoms with Gasteiger partial charge in [-0.3, -0.25) is 0 Å². The number of hydrogen-bond acceptors (Lipinski definition) is 3. The maximum Gasteiger partial charge on any atom is 0.416 e. The highest BCUT2D eigenvalue weighted by atomic mass is 32.2. The lowest BCUT2D eigenvalue weighted by Gasteiger charge is -2.11. The molecule has 0 bridgehead atoms. The second-order valence-electron chi connectivity index (χ2n) is 3.33. The Balaban J connectivity index is 2.30. The van der Waals surface area contributed by atoms with Crippen LogP contribution in [0.4, 0.5) is 13.2 Å². The predicted octanol–water partition coefficient (Wildman–Crippen LogP) is 3.40. The average molecular weight is 247 g/mol. The van der Waals surface area contributed by atoms with Crippen LogP contribution in [-0.2, 0) is 6.18 Å². The molecule has 1 heterocycles. The van der Waals surface area contributed by atoms with Crippen molar-refractivity contribution in [2.45, 2.75) is 12.2 Å². The highest BCUT2D eigenvalue weighted by Crippen LogP contribution is 2.33. The molecule has 2 N–H and O–H groups in total. The summed E-state index contributed by atoms with van der Waals surface area (Å²) in [5.41, 5.74) is -0.206. The van der Waals surface area contributed by atoms with Gasteiger partial charge in [-0.25, -0.2) is 4.72 Å². The van der Waals surface area contributed by atoms with Crippen molar-refractivity contribution in [2.75, 3.05) is 0 Å². The zero-order valence-corrected chi connectivity index (χ0v) is 8.77. The van der Waals surface area contributed by atoms with Crippen LogP contribution in [0.2, 0.25) is 0 Å². The van der Waals surface area contributed by atoms with Gasteiger partial charge >= 0.3 is 6.18 Å². The van der Waals surface area contributed by atoms with E-state index in [0.29, 0.717) is 5.56 Å². The third kappa shape index (κ3) is 2.33. The Kier molecular flexibility index (Phi) is 2.86. The van der Waals surface area contributed by atoms with Crippen LogP contribution in [0.25, 0.3) is 0 Å². The molecule has 6 heteroatoms. The van der Waals surface area contributed by atoms with Gasteiger partial charge in [-0.2, -0.15) is 13.2 Å². The lowest BCUT2D eigenvalue weighted by Crippen LogP contribution is -2.10. The molecule has 86 valence electrons. The Morgan fingerprint density at radius 1 is 1.31 bits per heavy atom. The molecule has 0 saturated carbocycles. The molecule has 0 radical (unpaired) electrons. The Morgan fingerprint density at radius 3 is 2.62 bits per heavy atom. The summed E-state index contributed by atoms with van der Waals surface area (Å²) in [5, 5.41) is 9.20. The quantitative estimate of drug-likeness (QED) is 0.746. The van der Waals surface area contributed by atoms with Crippen LogP contribution in [-0.4, -0.2) is 5.11 Å². The van der Waals surface area contributed by atoms with E-state index in [9.17, 15) is 13.2 Å². The van der Waals surface area contributed by atoms with E-state index in [1.807, 2.05) is 0 Å². The summed E-state index contributed by atoms with van der Waals surface area (Å²) in [6, 6.07) is 4.66. The van der Waals surface area contributed by atoms with Crippen molar-refractivity contribution in [3.63, 3.8) is 0 Å². The summed E-state index contributed by atoms with van der Waals surface area (Å²) >= 11 is 0.999. The molecule has 1 aliphatic heterocycles. The van der Waals surface area contributed by atoms with E-state index in [4.69, 9.17) is 5.11 Å². The third-order valence-corrected chi connectivity index (χ3v) is 2.89. The summed E-state index contributed by atoms with van der Waals surface area (Å²) in [5.74, 6) is 0. The van der Waals surface area contributed by atoms with Crippen molar-refractivity contribution in [3.8, 4) is 0 Å². The molecule has 16 heavy (non-hydrogen) atoms. The van der Waals surface area contributed by atoms with Crippen molar-refractivity contribution in [1.29, 1.82) is 0 Å². The molecule has 0 aliphatic carbocycles. The summed E-state index contributed by atoms with van der Waals surface area (Å²) in [6.07, 6.45) is -2.87. The maximum atomic E-state index is 12.4. The fraction of sp³-hybridized carbons (Fsp3) is 0.200. The lowest BCUT2D eigenvalue weighted by atomic mass is 10.0. The van der Waals surface area contributed by atoms with E-state index in [1.54, 1.807) is 6.07 Å². The van der Waals surface area contributed by atoms with Crippen LogP contribution in [0.15, 0.2) is 35.4 Å². The number of rotatable bonds is 1. The van der Waals surface area contributed by atoms with Crippen molar-refractivity contribution in [2.24, 2.45) is 0 Å². The minimum Gasteiger partial charge on any atom is -0.501 e. The summed E-state index contributed by atoms with van der Waals surface area (Å²) in [4.78, 5) is 0. The van der Waals surface area contributed by atoms with Crippen LogP contribution < -0.4 is 4.72 Å². The van der Waals surface area contributed by atoms with Gasteiger partial charge in [0, 0.05) is 0 Å². The van der Waals surface area contributed by atoms with Crippen molar-refractivity contribution >= 4 is 11.9 Å². The molecule has 1 aliphatic rings. The van der Waals surface area contributed by atoms with Crippen LogP contribution in [0.5, 0.6) is 0 Å². The molecular weight excluding hydrogens is 239 g/mol. The van der Waals surface area contributed by atoms with Gasteiger partial charge in [-0.05, 0) is 35.7 Å². The Bertz CT molecular complexity index is 430. The van der Waals surface area contributed by atoms with E-state index in [-0.39, 0.29) is 11.1 Å². The number of alkyl halides is 3. The Labute approximate surface area is 94.3 Å². The fourth-order valence-corrected chi connectivity index (χ4v) is 2.06. The molecule has 2 nitrogen and oxygen atoms in total. The molecule has 1 aromatic carbocycles. The molecule has 0 aromatic heterocycles. The fourth-order valence-electron chi connectivity index (χ4n) is 1.41. The van der Waals surface area contributed by atoms with Gasteiger partial charge in [-0.1, -0.05) is 12.1 Å². The van der Waals surface area contributed by atoms with Gasteiger partial charge in [0.25, 0.3) is 0 Å². The largest absolute Gasteiger partial charge is 0.501 e. The third-order valence-electron chi connectivity index (χ3n) is 2.17. The van der Waals surface area contributed by atoms with Gasteiger partial charge in [0.15, 0.2) is 5.09 Å². The van der Waals surface area contributed by atoms with Gasteiger partial charge in [-0.15, -0.1) is 0 Å². The normalized spacial score (nSPS) is 20.9. The van der Waals surface area contributed by atoms with E-state index in [2.05, 4.69) is 4.72 Å². The highest BCUT2D eigenvalue weighted by Gasteiger charge is 2.31. The molecule has 0 fully saturated rings. The number of benzene rings is 1. The monoisotopic (exact) mass is 247 g/mol. The van der Waals surface area contributed by atoms with Crippen molar-refractivity contribution < 1.29 is 18.3 Å². The zero-order chi connectivity index (χ0) is 11.8. The molecule has 0 amide bonds. The number of aliphatic hydroxyl groups excluding tert-OH is 1. The topological polar surface area (TPSA) is 32.3 Å². The first kappa shape index (κ1) is 11.3. The second-order valence-corrected chi connectivity index (χ2v) is 4.18. The molecule has 1 aromatic rings. The maximum absolute atomic E-state index is 12.4. The summed E-state index contributed by atoms with van der Waals surface area (Å²) in [6.45, 7) is 0. The number of aliphatic hydroxyl groups is 1. The molecule has 1 atom stereocenters. The van der Waals surface area contributed by atoms with Gasteiger partial charge in [0.05, 0.1) is 11.6 Å². The zero-order valence-electron chi connectivity index (χ0n) is 7.95. The molecular formula is C10H8F3NOS. The summed E-state index contributed by atoms with van der Waals surface area (Å²) < 4.78 is 40.1. The van der Waals surface area contributed by atoms with Crippen LogP contribution in [0.1, 0.15) is 17.2 Å². The second kappa shape index (κ2) is 4.03. The number of hydrogen-bond donors (Lipinski definition) is 2. The summed E-state index contributed by atoms with van der Waals surface area (Å²) in [7, 11) is 0. The van der Waals surface area contributed by atoms with E-state index >= 15 is 0 Å². The molecule has 0 saturated heterocycles. The molecule has 1 unspecified atom stereocenters. The molecule has 0 spiro atoms. The predicted molar refractivity (Wildman–Crippen MR) is 55.6 cm³/mol. The van der Waals surface area contributed by atoms with Gasteiger partial charge in [0.1, 0.15) is 0 Å². The van der Waals surface area contributed by atoms with Crippen LogP contribution in [0, 0.1) is 0 Å².